The summed E-state index contributed by atoms with van der Waals surface area (Å²) in [7, 11) is 0. The number of phenols is 1. The summed E-state index contributed by atoms with van der Waals surface area (Å²) in [6.45, 7) is 4.35. The molecule has 6 nitrogen and oxygen atoms in total. The summed E-state index contributed by atoms with van der Waals surface area (Å²) in [5, 5.41) is 14.8. The van der Waals surface area contributed by atoms with E-state index in [-0.39, 0.29) is 27.9 Å². The van der Waals surface area contributed by atoms with Crippen molar-refractivity contribution in [3.8, 4) is 39.3 Å². The molecule has 4 N–H and O–H groups in total. The van der Waals surface area contributed by atoms with Crippen LogP contribution in [0.5, 0.6) is 5.75 Å². The molecule has 8 heteroatoms. The van der Waals surface area contributed by atoms with Crippen LogP contribution in [0.4, 0.5) is 17.1 Å². The molecule has 7 aromatic rings. The van der Waals surface area contributed by atoms with Crippen LogP contribution in [0, 0.1) is 0 Å². The average Bonchev–Trinajstić information content (AvgIpc) is 3.82. The highest BCUT2D eigenvalue weighted by atomic mass is 35.5. The van der Waals surface area contributed by atoms with Crippen molar-refractivity contribution < 1.29 is 5.11 Å². The monoisotopic (exact) mass is 815 g/mol. The zero-order valence-corrected chi connectivity index (χ0v) is 34.9. The summed E-state index contributed by atoms with van der Waals surface area (Å²) >= 11 is 12.8. The molecule has 59 heavy (non-hydrogen) atoms. The zero-order chi connectivity index (χ0) is 40.4. The van der Waals surface area contributed by atoms with Crippen LogP contribution in [0.15, 0.2) is 109 Å². The van der Waals surface area contributed by atoms with Gasteiger partial charge in [-0.3, -0.25) is 4.98 Å². The average molecular weight is 817 g/mol. The lowest BCUT2D eigenvalue weighted by molar-refractivity contribution is 0.406. The molecule has 2 heterocycles. The van der Waals surface area contributed by atoms with E-state index in [9.17, 15) is 5.11 Å². The van der Waals surface area contributed by atoms with Gasteiger partial charge in [0.15, 0.2) is 5.75 Å². The summed E-state index contributed by atoms with van der Waals surface area (Å²) < 4.78 is 0. The summed E-state index contributed by atoms with van der Waals surface area (Å²) in [6.07, 6.45) is 9.56. The number of nitrogens with two attached hydrogens (primary N) is 1. The van der Waals surface area contributed by atoms with Gasteiger partial charge in [-0.25, -0.2) is 4.98 Å². The van der Waals surface area contributed by atoms with Gasteiger partial charge in [0.1, 0.15) is 5.52 Å². The Morgan fingerprint density at radius 3 is 2.19 bits per heavy atom. The number of aromatic hydroxyl groups is 1. The summed E-state index contributed by atoms with van der Waals surface area (Å²) in [5.41, 5.74) is 26.6. The minimum atomic E-state index is -0.130. The van der Waals surface area contributed by atoms with E-state index < -0.39 is 0 Å². The minimum Gasteiger partial charge on any atom is -0.505 e. The number of pyridine rings is 2. The van der Waals surface area contributed by atoms with Gasteiger partial charge in [0, 0.05) is 54.1 Å². The van der Waals surface area contributed by atoms with E-state index in [1.807, 2.05) is 18.3 Å². The normalized spacial score (nSPS) is 17.0. The quantitative estimate of drug-likeness (QED) is 0.134. The Morgan fingerprint density at radius 1 is 0.780 bits per heavy atom. The molecule has 0 aliphatic heterocycles. The molecule has 1 atom stereocenters. The highest BCUT2D eigenvalue weighted by Crippen LogP contribution is 2.48. The second kappa shape index (κ2) is 15.3. The molecule has 3 aliphatic rings. The maximum Gasteiger partial charge on any atom is 0.152 e. The summed E-state index contributed by atoms with van der Waals surface area (Å²) in [6, 6.07) is 37.3. The van der Waals surface area contributed by atoms with Crippen LogP contribution < -0.4 is 16.0 Å². The summed E-state index contributed by atoms with van der Waals surface area (Å²) in [4.78, 5) is 12.7. The first-order valence-electron chi connectivity index (χ1n) is 21.0. The van der Waals surface area contributed by atoms with E-state index in [4.69, 9.17) is 38.9 Å². The van der Waals surface area contributed by atoms with Crippen molar-refractivity contribution in [2.45, 2.75) is 83.3 Å². The Morgan fingerprint density at radius 2 is 1.47 bits per heavy atom. The molecule has 296 valence electrons. The van der Waals surface area contributed by atoms with Gasteiger partial charge in [-0.1, -0.05) is 96.9 Å². The summed E-state index contributed by atoms with van der Waals surface area (Å²) in [5.74, 6) is -0.130. The van der Waals surface area contributed by atoms with Crippen LogP contribution in [-0.2, 0) is 25.7 Å². The first-order chi connectivity index (χ1) is 28.7. The lowest BCUT2D eigenvalue weighted by atomic mass is 9.87. The van der Waals surface area contributed by atoms with Crippen LogP contribution in [0.1, 0.15) is 72.9 Å². The smallest absolute Gasteiger partial charge is 0.152 e. The number of aromatic nitrogens is 2. The molecule has 1 unspecified atom stereocenters. The van der Waals surface area contributed by atoms with Crippen LogP contribution in [0.3, 0.4) is 0 Å². The maximum absolute atomic E-state index is 10.3. The zero-order valence-electron chi connectivity index (χ0n) is 33.4. The number of fused-ring (bicyclic) bond motifs is 7. The Balaban J connectivity index is 1.05. The second-order valence-electron chi connectivity index (χ2n) is 16.7. The van der Waals surface area contributed by atoms with Crippen LogP contribution in [-0.4, -0.2) is 33.2 Å². The molecule has 0 saturated heterocycles. The van der Waals surface area contributed by atoms with E-state index in [2.05, 4.69) is 103 Å². The molecule has 3 aliphatic carbocycles. The lowest BCUT2D eigenvalue weighted by Gasteiger charge is -2.40. The first kappa shape index (κ1) is 37.8. The number of nitrogens with one attached hydrogen (secondary N) is 1. The molecule has 1 saturated carbocycles. The number of halogens is 2. The molecule has 2 aromatic heterocycles. The number of nitrogens with zero attached hydrogens (tertiary/aromatic N) is 3. The van der Waals surface area contributed by atoms with Crippen molar-refractivity contribution in [1.82, 2.24) is 9.97 Å². The molecule has 1 fully saturated rings. The van der Waals surface area contributed by atoms with E-state index in [1.54, 1.807) is 12.1 Å². The van der Waals surface area contributed by atoms with Gasteiger partial charge >= 0.3 is 0 Å². The van der Waals surface area contributed by atoms with Crippen molar-refractivity contribution in [2.75, 3.05) is 10.2 Å². The molecule has 5 aromatic carbocycles. The van der Waals surface area contributed by atoms with Crippen molar-refractivity contribution in [1.29, 1.82) is 0 Å². The van der Waals surface area contributed by atoms with E-state index in [1.165, 1.54) is 67.0 Å². The third-order valence-electron chi connectivity index (χ3n) is 12.8. The Hall–Kier alpha value is -5.40. The van der Waals surface area contributed by atoms with Gasteiger partial charge in [-0.15, -0.1) is 0 Å². The number of hydrogen-bond donors (Lipinski definition) is 3. The topological polar surface area (TPSA) is 87.3 Å². The number of phenolic OH excluding ortho intramolecular Hbond substituents is 1. The van der Waals surface area contributed by atoms with E-state index in [0.29, 0.717) is 11.7 Å². The number of aryl methyl sites for hydroxylation is 1. The highest BCUT2D eigenvalue weighted by molar-refractivity contribution is 6.37. The molecular formula is C51H47Cl2N5O. The van der Waals surface area contributed by atoms with Gasteiger partial charge < -0.3 is 21.1 Å². The van der Waals surface area contributed by atoms with Crippen LogP contribution in [0.25, 0.3) is 44.5 Å². The van der Waals surface area contributed by atoms with Gasteiger partial charge in [0.2, 0.25) is 0 Å². The Bertz CT molecular complexity index is 2750. The lowest BCUT2D eigenvalue weighted by Crippen LogP contribution is -2.39. The molecular weight excluding hydrogens is 770 g/mol. The first-order valence-corrected chi connectivity index (χ1v) is 21.7. The molecule has 0 radical (unpaired) electrons. The predicted octanol–water partition coefficient (Wildman–Crippen LogP) is 12.5. The Kier molecular flexibility index (Phi) is 9.83. The molecule has 0 amide bonds. The fourth-order valence-electron chi connectivity index (χ4n) is 9.93. The number of anilines is 3. The standard InChI is InChI=1S/C51H47Cl2N5O/c1-3-30-23-40-38-11-7-5-8-31(38)25-41(40)48(24-30)58(47-20-21-55-46-19-18-45(57-50(46)47)34-27-43(52)51(59)44(53)28-34)36-15-13-35(14-16-36)56-49-33(22-29(2)54)12-17-39-37-10-6-4-9-32(37)26-42(39)49/h4-12,17-21,23-24,27-29,35-36,56,59H,3,13-16,22,25-26,54H2,1-2H3. The third kappa shape index (κ3) is 6.81. The molecule has 10 rings (SSSR count). The van der Waals surface area contributed by atoms with Crippen molar-refractivity contribution >= 4 is 51.3 Å². The van der Waals surface area contributed by atoms with Crippen LogP contribution in [0.2, 0.25) is 10.0 Å². The fraction of sp³-hybridized carbons (Fsp3) is 0.255. The number of benzene rings is 5. The van der Waals surface area contributed by atoms with E-state index >= 15 is 0 Å². The number of hydrogen-bond acceptors (Lipinski definition) is 6. The number of rotatable bonds is 9. The maximum atomic E-state index is 10.3. The third-order valence-corrected chi connectivity index (χ3v) is 13.4. The Labute approximate surface area is 356 Å². The van der Waals surface area contributed by atoms with Gasteiger partial charge in [-0.05, 0) is 137 Å². The predicted molar refractivity (Wildman–Crippen MR) is 245 cm³/mol. The fourth-order valence-corrected chi connectivity index (χ4v) is 10.4. The van der Waals surface area contributed by atoms with Crippen molar-refractivity contribution in [3.63, 3.8) is 0 Å². The SMILES string of the molecule is CCc1cc2c(c(N(c3ccnc4ccc(-c5cc(Cl)c(O)c(Cl)c5)nc34)C3CCC(Nc4c(CC(C)N)ccc5c4Cc4ccccc4-5)CC3)c1)Cc1ccccc1-2. The highest BCUT2D eigenvalue weighted by Gasteiger charge is 2.34. The molecule has 0 spiro atoms. The van der Waals surface area contributed by atoms with Crippen molar-refractivity contribution in [2.24, 2.45) is 5.73 Å². The molecule has 0 bridgehead atoms. The van der Waals surface area contributed by atoms with Crippen LogP contribution >= 0.6 is 23.2 Å². The van der Waals surface area contributed by atoms with Gasteiger partial charge in [0.25, 0.3) is 0 Å². The minimum absolute atomic E-state index is 0.0701. The van der Waals surface area contributed by atoms with Gasteiger partial charge in [-0.2, -0.15) is 0 Å². The van der Waals surface area contributed by atoms with E-state index in [0.717, 1.165) is 73.7 Å². The van der Waals surface area contributed by atoms with Gasteiger partial charge in [0.05, 0.1) is 26.9 Å². The van der Waals surface area contributed by atoms with Crippen molar-refractivity contribution in [3.05, 3.63) is 153 Å². The largest absolute Gasteiger partial charge is 0.505 e. The second-order valence-corrected chi connectivity index (χ2v) is 17.5.